The molecule has 0 aromatic carbocycles. The number of rotatable bonds is 5. The van der Waals surface area contributed by atoms with Crippen LogP contribution in [0.3, 0.4) is 0 Å². The Morgan fingerprint density at radius 3 is 2.79 bits per heavy atom. The molecule has 2 heterocycles. The van der Waals surface area contributed by atoms with Gasteiger partial charge in [-0.1, -0.05) is 0 Å². The number of hydrogen-bond donors (Lipinski definition) is 2. The van der Waals surface area contributed by atoms with E-state index in [2.05, 4.69) is 37.6 Å². The number of nitrogens with one attached hydrogen (secondary N) is 2. The van der Waals surface area contributed by atoms with Crippen LogP contribution in [0.5, 0.6) is 0 Å². The minimum Gasteiger partial charge on any atom is -0.356 e. The second-order valence-corrected chi connectivity index (χ2v) is 7.98. The average Bonchev–Trinajstić information content (AvgIpc) is 3.05. The lowest BCUT2D eigenvalue weighted by Crippen LogP contribution is -2.45. The molecule has 0 amide bonds. The van der Waals surface area contributed by atoms with E-state index in [4.69, 9.17) is 0 Å². The summed E-state index contributed by atoms with van der Waals surface area (Å²) >= 11 is 5.12. The van der Waals surface area contributed by atoms with E-state index in [0.29, 0.717) is 25.5 Å². The Kier molecular flexibility index (Phi) is 9.31. The van der Waals surface area contributed by atoms with Crippen LogP contribution in [0.15, 0.2) is 20.9 Å². The second-order valence-electron chi connectivity index (χ2n) is 5.44. The van der Waals surface area contributed by atoms with Gasteiger partial charge in [0.05, 0.1) is 10.3 Å². The molecule has 0 saturated carbocycles. The molecule has 0 bridgehead atoms. The summed E-state index contributed by atoms with van der Waals surface area (Å²) in [5.41, 5.74) is 0. The molecule has 24 heavy (non-hydrogen) atoms. The van der Waals surface area contributed by atoms with Crippen molar-refractivity contribution in [3.63, 3.8) is 0 Å². The van der Waals surface area contributed by atoms with Gasteiger partial charge in [0, 0.05) is 37.6 Å². The van der Waals surface area contributed by atoms with Crippen molar-refractivity contribution in [1.29, 1.82) is 0 Å². The normalized spacial score (nSPS) is 19.2. The zero-order chi connectivity index (χ0) is 16.9. The van der Waals surface area contributed by atoms with Crippen LogP contribution in [0.2, 0.25) is 0 Å². The lowest BCUT2D eigenvalue weighted by Gasteiger charge is -2.19. The number of hydrogen-bond acceptors (Lipinski definition) is 3. The third-order valence-corrected chi connectivity index (χ3v) is 5.22. The summed E-state index contributed by atoms with van der Waals surface area (Å²) in [5, 5.41) is 6.40. The lowest BCUT2D eigenvalue weighted by atomic mass is 10.3. The predicted molar refractivity (Wildman–Crippen MR) is 107 cm³/mol. The van der Waals surface area contributed by atoms with Crippen LogP contribution in [0.1, 0.15) is 11.3 Å². The van der Waals surface area contributed by atoms with Crippen LogP contribution in [0.25, 0.3) is 0 Å². The van der Waals surface area contributed by atoms with Crippen molar-refractivity contribution in [2.24, 2.45) is 4.99 Å². The molecule has 2 N–H and O–H groups in total. The molecule has 138 valence electrons. The van der Waals surface area contributed by atoms with E-state index in [1.54, 1.807) is 18.4 Å². The molecule has 2 rings (SSSR count). The molecule has 1 aromatic rings. The van der Waals surface area contributed by atoms with Gasteiger partial charge in [0.2, 0.25) is 0 Å². The summed E-state index contributed by atoms with van der Waals surface area (Å²) < 4.78 is 38.3. The van der Waals surface area contributed by atoms with Crippen molar-refractivity contribution in [2.75, 3.05) is 33.2 Å². The van der Waals surface area contributed by atoms with Gasteiger partial charge in [0.1, 0.15) is 0 Å². The number of guanidine groups is 1. The highest BCUT2D eigenvalue weighted by atomic mass is 127. The van der Waals surface area contributed by atoms with Gasteiger partial charge in [-0.2, -0.15) is 13.2 Å². The van der Waals surface area contributed by atoms with Crippen molar-refractivity contribution in [2.45, 2.75) is 25.1 Å². The Morgan fingerprint density at radius 1 is 1.46 bits per heavy atom. The first-order valence-electron chi connectivity index (χ1n) is 7.36. The zero-order valence-electron chi connectivity index (χ0n) is 13.2. The second kappa shape index (κ2) is 10.2. The van der Waals surface area contributed by atoms with Gasteiger partial charge in [0.15, 0.2) is 5.96 Å². The number of thiophene rings is 1. The average molecular weight is 541 g/mol. The van der Waals surface area contributed by atoms with E-state index in [1.807, 2.05) is 6.07 Å². The van der Waals surface area contributed by atoms with E-state index in [0.717, 1.165) is 16.8 Å². The Labute approximate surface area is 169 Å². The van der Waals surface area contributed by atoms with E-state index in [1.165, 1.54) is 9.78 Å². The first-order chi connectivity index (χ1) is 10.9. The third-order valence-electron chi connectivity index (χ3n) is 3.53. The lowest BCUT2D eigenvalue weighted by molar-refractivity contribution is -0.143. The van der Waals surface area contributed by atoms with E-state index in [-0.39, 0.29) is 30.0 Å². The number of aliphatic imine (C=N–C) groups is 1. The fraction of sp³-hybridized carbons (Fsp3) is 0.643. The van der Waals surface area contributed by atoms with Gasteiger partial charge in [-0.15, -0.1) is 35.3 Å². The fourth-order valence-corrected chi connectivity index (χ4v) is 4.01. The Balaban J connectivity index is 0.00000288. The minimum absolute atomic E-state index is 0. The highest BCUT2D eigenvalue weighted by Gasteiger charge is 2.34. The van der Waals surface area contributed by atoms with Gasteiger partial charge in [0.25, 0.3) is 0 Å². The summed E-state index contributed by atoms with van der Waals surface area (Å²) in [4.78, 5) is 6.82. The molecule has 4 nitrogen and oxygen atoms in total. The van der Waals surface area contributed by atoms with Crippen molar-refractivity contribution in [3.8, 4) is 0 Å². The first-order valence-corrected chi connectivity index (χ1v) is 8.97. The molecular weight excluding hydrogens is 520 g/mol. The smallest absolute Gasteiger partial charge is 0.356 e. The first kappa shape index (κ1) is 22.0. The summed E-state index contributed by atoms with van der Waals surface area (Å²) in [6, 6.07) is 4.08. The van der Waals surface area contributed by atoms with Crippen molar-refractivity contribution in [3.05, 3.63) is 20.8 Å². The van der Waals surface area contributed by atoms with Crippen LogP contribution in [-0.4, -0.2) is 56.3 Å². The summed E-state index contributed by atoms with van der Waals surface area (Å²) in [7, 11) is 1.67. The third kappa shape index (κ3) is 7.87. The maximum Gasteiger partial charge on any atom is 0.401 e. The molecule has 0 radical (unpaired) electrons. The minimum atomic E-state index is -4.14. The molecule has 1 aliphatic rings. The maximum absolute atomic E-state index is 12.4. The van der Waals surface area contributed by atoms with E-state index >= 15 is 0 Å². The van der Waals surface area contributed by atoms with E-state index in [9.17, 15) is 13.2 Å². The quantitative estimate of drug-likeness (QED) is 0.341. The topological polar surface area (TPSA) is 39.7 Å². The highest BCUT2D eigenvalue weighted by molar-refractivity contribution is 14.0. The molecular formula is C14H21BrF3IN4S. The zero-order valence-corrected chi connectivity index (χ0v) is 17.9. The molecule has 1 aliphatic heterocycles. The summed E-state index contributed by atoms with van der Waals surface area (Å²) in [6.07, 6.45) is -2.57. The van der Waals surface area contributed by atoms with Gasteiger partial charge < -0.3 is 10.6 Å². The molecule has 1 aromatic heterocycles. The number of alkyl halides is 3. The Bertz CT molecular complexity index is 538. The van der Waals surface area contributed by atoms with Crippen molar-refractivity contribution < 1.29 is 13.2 Å². The Morgan fingerprint density at radius 2 is 2.21 bits per heavy atom. The molecule has 0 spiro atoms. The number of nitrogens with zero attached hydrogens (tertiary/aromatic N) is 2. The van der Waals surface area contributed by atoms with Gasteiger partial charge in [-0.3, -0.25) is 9.89 Å². The van der Waals surface area contributed by atoms with Crippen LogP contribution in [0, 0.1) is 0 Å². The molecule has 1 atom stereocenters. The molecule has 0 aliphatic carbocycles. The highest BCUT2D eigenvalue weighted by Crippen LogP contribution is 2.22. The van der Waals surface area contributed by atoms with Gasteiger partial charge >= 0.3 is 6.18 Å². The van der Waals surface area contributed by atoms with Crippen LogP contribution in [-0.2, 0) is 6.42 Å². The van der Waals surface area contributed by atoms with Gasteiger partial charge in [-0.05, 0) is 40.9 Å². The molecule has 10 heteroatoms. The predicted octanol–water partition coefficient (Wildman–Crippen LogP) is 3.47. The van der Waals surface area contributed by atoms with Crippen LogP contribution >= 0.6 is 51.2 Å². The van der Waals surface area contributed by atoms with Crippen LogP contribution < -0.4 is 10.6 Å². The maximum atomic E-state index is 12.4. The van der Waals surface area contributed by atoms with Gasteiger partial charge in [-0.25, -0.2) is 0 Å². The van der Waals surface area contributed by atoms with Crippen LogP contribution in [0.4, 0.5) is 13.2 Å². The molecule has 1 unspecified atom stereocenters. The van der Waals surface area contributed by atoms with Crippen molar-refractivity contribution in [1.82, 2.24) is 15.5 Å². The number of halogens is 5. The molecule has 1 fully saturated rings. The van der Waals surface area contributed by atoms with Crippen molar-refractivity contribution >= 4 is 57.2 Å². The Hall–Kier alpha value is -0.0700. The summed E-state index contributed by atoms with van der Waals surface area (Å²) in [5.74, 6) is 0.638. The standard InChI is InChI=1S/C14H20BrF3N4S.HI/c1-19-13(20-6-4-11-2-3-12(15)23-11)21-10-5-7-22(8-10)9-14(16,17)18;/h2-3,10H,4-9H2,1H3,(H2,19,20,21);1H. The number of likely N-dealkylation sites (tertiary alicyclic amines) is 1. The monoisotopic (exact) mass is 540 g/mol. The van der Waals surface area contributed by atoms with E-state index < -0.39 is 12.7 Å². The SMILES string of the molecule is CN=C(NCCc1ccc(Br)s1)NC1CCN(CC(F)(F)F)C1.I. The largest absolute Gasteiger partial charge is 0.401 e. The molecule has 1 saturated heterocycles. The fourth-order valence-electron chi connectivity index (χ4n) is 2.53. The summed E-state index contributed by atoms with van der Waals surface area (Å²) in [6.45, 7) is 0.728.